The van der Waals surface area contributed by atoms with Gasteiger partial charge in [-0.15, -0.1) is 0 Å². The number of carbonyl (C=O) groups is 1. The number of aromatic amines is 1. The molecule has 4 aromatic rings. The zero-order valence-corrected chi connectivity index (χ0v) is 20.9. The predicted molar refractivity (Wildman–Crippen MR) is 139 cm³/mol. The number of ether oxygens (including phenoxy) is 2. The maximum absolute atomic E-state index is 12.8. The number of imidazole rings is 1. The van der Waals surface area contributed by atoms with Crippen LogP contribution in [0.25, 0.3) is 21.9 Å². The number of nitrogens with zero attached hydrogens (tertiary/aromatic N) is 3. The van der Waals surface area contributed by atoms with Gasteiger partial charge < -0.3 is 24.5 Å². The fourth-order valence-electron chi connectivity index (χ4n) is 5.14. The largest absolute Gasteiger partial charge is 0.493 e. The number of benzene rings is 2. The van der Waals surface area contributed by atoms with Crippen LogP contribution in [-0.4, -0.2) is 51.9 Å². The van der Waals surface area contributed by atoms with Crippen LogP contribution in [-0.2, 0) is 0 Å². The van der Waals surface area contributed by atoms with E-state index in [1.54, 1.807) is 19.2 Å². The molecule has 2 aromatic carbocycles. The van der Waals surface area contributed by atoms with E-state index in [0.717, 1.165) is 16.6 Å². The lowest BCUT2D eigenvalue weighted by atomic mass is 10.0. The predicted octanol–water partition coefficient (Wildman–Crippen LogP) is 4.52. The Balaban J connectivity index is 1.52. The summed E-state index contributed by atoms with van der Waals surface area (Å²) in [6, 6.07) is 9.59. The molecule has 5 rings (SSSR count). The van der Waals surface area contributed by atoms with Gasteiger partial charge in [0.15, 0.2) is 11.5 Å². The van der Waals surface area contributed by atoms with E-state index in [1.807, 2.05) is 43.5 Å². The minimum Gasteiger partial charge on any atom is -0.493 e. The van der Waals surface area contributed by atoms with Crippen LogP contribution in [0, 0.1) is 6.92 Å². The van der Waals surface area contributed by atoms with Crippen molar-refractivity contribution in [1.82, 2.24) is 14.5 Å². The summed E-state index contributed by atoms with van der Waals surface area (Å²) in [5, 5.41) is 10.7. The minimum absolute atomic E-state index is 0.0205. The Morgan fingerprint density at radius 3 is 2.58 bits per heavy atom. The standard InChI is InChI=1S/C27H30N4O5/c1-15(2)36-24-13-20-18(12-23(24)35-4)25(19(14-28-20)26(32)33)30-9-7-17(8-10-30)31-22-6-5-16(3)11-21(22)29-27(31)34/h5-6,11-15,17H,7-10H2,1-4H3,(H,29,34)(H,32,33). The van der Waals surface area contributed by atoms with Crippen LogP contribution in [0.4, 0.5) is 5.69 Å². The summed E-state index contributed by atoms with van der Waals surface area (Å²) in [5.74, 6) is 0.0534. The zero-order chi connectivity index (χ0) is 25.6. The quantitative estimate of drug-likeness (QED) is 0.409. The molecule has 2 aromatic heterocycles. The fraction of sp³-hybridized carbons (Fsp3) is 0.370. The highest BCUT2D eigenvalue weighted by Gasteiger charge is 2.28. The molecular formula is C27H30N4O5. The number of hydrogen-bond acceptors (Lipinski definition) is 6. The number of carboxylic acids is 1. The summed E-state index contributed by atoms with van der Waals surface area (Å²) in [7, 11) is 1.56. The summed E-state index contributed by atoms with van der Waals surface area (Å²) in [5.41, 5.74) is 4.10. The second-order valence-corrected chi connectivity index (χ2v) is 9.55. The Morgan fingerprint density at radius 2 is 1.92 bits per heavy atom. The molecule has 0 spiro atoms. The number of fused-ring (bicyclic) bond motifs is 2. The number of methoxy groups -OCH3 is 1. The van der Waals surface area contributed by atoms with Crippen molar-refractivity contribution in [2.45, 2.75) is 45.8 Å². The van der Waals surface area contributed by atoms with Crippen LogP contribution in [0.5, 0.6) is 11.5 Å². The van der Waals surface area contributed by atoms with Crippen LogP contribution < -0.4 is 20.1 Å². The van der Waals surface area contributed by atoms with Crippen molar-refractivity contribution in [2.75, 3.05) is 25.1 Å². The van der Waals surface area contributed by atoms with Crippen molar-refractivity contribution >= 4 is 33.6 Å². The van der Waals surface area contributed by atoms with Crippen LogP contribution in [0.2, 0.25) is 0 Å². The van der Waals surface area contributed by atoms with E-state index < -0.39 is 5.97 Å². The lowest BCUT2D eigenvalue weighted by molar-refractivity contribution is 0.0697. The number of rotatable bonds is 6. The highest BCUT2D eigenvalue weighted by molar-refractivity contribution is 6.05. The highest BCUT2D eigenvalue weighted by Crippen LogP contribution is 2.39. The monoisotopic (exact) mass is 490 g/mol. The first-order valence-corrected chi connectivity index (χ1v) is 12.1. The van der Waals surface area contributed by atoms with Crippen molar-refractivity contribution in [3.05, 3.63) is 58.1 Å². The Labute approximate surface area is 208 Å². The molecule has 0 saturated carbocycles. The molecule has 9 heteroatoms. The summed E-state index contributed by atoms with van der Waals surface area (Å²) < 4.78 is 13.3. The lowest BCUT2D eigenvalue weighted by Crippen LogP contribution is -2.37. The molecule has 1 aliphatic heterocycles. The van der Waals surface area contributed by atoms with Crippen molar-refractivity contribution in [1.29, 1.82) is 0 Å². The number of nitrogens with one attached hydrogen (secondary N) is 1. The fourth-order valence-corrected chi connectivity index (χ4v) is 5.14. The first-order chi connectivity index (χ1) is 17.3. The van der Waals surface area contributed by atoms with Gasteiger partial charge in [0, 0.05) is 36.8 Å². The van der Waals surface area contributed by atoms with Gasteiger partial charge in [-0.25, -0.2) is 9.59 Å². The molecule has 0 aliphatic carbocycles. The van der Waals surface area contributed by atoms with E-state index in [2.05, 4.69) is 14.9 Å². The third-order valence-corrected chi connectivity index (χ3v) is 6.74. The SMILES string of the molecule is COc1cc2c(N3CCC(n4c(=O)[nH]c5cc(C)ccc54)CC3)c(C(=O)O)cnc2cc1OC(C)C. The maximum atomic E-state index is 12.8. The zero-order valence-electron chi connectivity index (χ0n) is 20.9. The van der Waals surface area contributed by atoms with Gasteiger partial charge >= 0.3 is 11.7 Å². The molecule has 0 amide bonds. The van der Waals surface area contributed by atoms with Gasteiger partial charge in [-0.2, -0.15) is 0 Å². The topological polar surface area (TPSA) is 110 Å². The van der Waals surface area contributed by atoms with E-state index in [9.17, 15) is 14.7 Å². The molecule has 9 nitrogen and oxygen atoms in total. The van der Waals surface area contributed by atoms with Crippen LogP contribution in [0.1, 0.15) is 48.7 Å². The number of aromatic carboxylic acids is 1. The van der Waals surface area contributed by atoms with Gasteiger partial charge in [0.25, 0.3) is 0 Å². The third kappa shape index (κ3) is 4.14. The number of anilines is 1. The molecule has 36 heavy (non-hydrogen) atoms. The Hall–Kier alpha value is -4.01. The van der Waals surface area contributed by atoms with Crippen molar-refractivity contribution < 1.29 is 19.4 Å². The average molecular weight is 491 g/mol. The third-order valence-electron chi connectivity index (χ3n) is 6.74. The number of pyridine rings is 1. The number of H-pyrrole nitrogens is 1. The van der Waals surface area contributed by atoms with Gasteiger partial charge in [0.1, 0.15) is 5.56 Å². The molecule has 0 atom stereocenters. The molecule has 0 unspecified atom stereocenters. The molecular weight excluding hydrogens is 460 g/mol. The number of carboxylic acid groups (broad SMARTS) is 1. The van der Waals surface area contributed by atoms with E-state index in [4.69, 9.17) is 9.47 Å². The number of piperidine rings is 1. The van der Waals surface area contributed by atoms with Crippen LogP contribution >= 0.6 is 0 Å². The van der Waals surface area contributed by atoms with Crippen LogP contribution in [0.3, 0.4) is 0 Å². The maximum Gasteiger partial charge on any atom is 0.339 e. The average Bonchev–Trinajstić information content (AvgIpc) is 3.17. The molecule has 1 aliphatic rings. The lowest BCUT2D eigenvalue weighted by Gasteiger charge is -2.35. The second-order valence-electron chi connectivity index (χ2n) is 9.55. The molecule has 0 bridgehead atoms. The number of hydrogen-bond donors (Lipinski definition) is 2. The Bertz CT molecular complexity index is 1510. The van der Waals surface area contributed by atoms with Gasteiger partial charge in [-0.1, -0.05) is 6.07 Å². The normalized spacial score (nSPS) is 14.6. The van der Waals surface area contributed by atoms with Crippen molar-refractivity contribution in [3.63, 3.8) is 0 Å². The summed E-state index contributed by atoms with van der Waals surface area (Å²) in [6.07, 6.45) is 2.76. The van der Waals surface area contributed by atoms with Crippen LogP contribution in [0.15, 0.2) is 41.3 Å². The first kappa shape index (κ1) is 23.7. The number of aromatic nitrogens is 3. The molecule has 188 valence electrons. The smallest absolute Gasteiger partial charge is 0.339 e. The minimum atomic E-state index is -1.04. The molecule has 1 fully saturated rings. The number of aryl methyl sites for hydroxylation is 1. The van der Waals surface area contributed by atoms with Gasteiger partial charge in [0.05, 0.1) is 35.5 Å². The van der Waals surface area contributed by atoms with Gasteiger partial charge in [-0.05, 0) is 57.4 Å². The highest BCUT2D eigenvalue weighted by atomic mass is 16.5. The summed E-state index contributed by atoms with van der Waals surface area (Å²) >= 11 is 0. The van der Waals surface area contributed by atoms with Crippen molar-refractivity contribution in [2.24, 2.45) is 0 Å². The van der Waals surface area contributed by atoms with Crippen molar-refractivity contribution in [3.8, 4) is 11.5 Å². The second kappa shape index (κ2) is 9.22. The Morgan fingerprint density at radius 1 is 1.17 bits per heavy atom. The summed E-state index contributed by atoms with van der Waals surface area (Å²) in [4.78, 5) is 34.4. The van der Waals surface area contributed by atoms with E-state index >= 15 is 0 Å². The van der Waals surface area contributed by atoms with Gasteiger partial charge in [-0.3, -0.25) is 9.55 Å². The van der Waals surface area contributed by atoms with E-state index in [0.29, 0.717) is 54.0 Å². The van der Waals surface area contributed by atoms with E-state index in [1.165, 1.54) is 6.20 Å². The molecule has 2 N–H and O–H groups in total. The molecule has 3 heterocycles. The molecule has 1 saturated heterocycles. The summed E-state index contributed by atoms with van der Waals surface area (Å²) in [6.45, 7) is 7.06. The van der Waals surface area contributed by atoms with E-state index in [-0.39, 0.29) is 23.4 Å². The van der Waals surface area contributed by atoms with Gasteiger partial charge in [0.2, 0.25) is 0 Å². The molecule has 0 radical (unpaired) electrons. The Kier molecular flexibility index (Phi) is 6.07. The first-order valence-electron chi connectivity index (χ1n) is 12.1.